The summed E-state index contributed by atoms with van der Waals surface area (Å²) in [5.74, 6) is 0.695. The van der Waals surface area contributed by atoms with Gasteiger partial charge in [0.05, 0.1) is 12.2 Å². The Labute approximate surface area is 116 Å². The number of hydrogen-bond donors (Lipinski definition) is 0. The van der Waals surface area contributed by atoms with Crippen LogP contribution in [0.15, 0.2) is 42.5 Å². The molecule has 2 aromatic rings. The van der Waals surface area contributed by atoms with Gasteiger partial charge in [0.2, 0.25) is 0 Å². The van der Waals surface area contributed by atoms with Crippen LogP contribution >= 0.6 is 0 Å². The van der Waals surface area contributed by atoms with Crippen LogP contribution < -0.4 is 4.74 Å². The van der Waals surface area contributed by atoms with Gasteiger partial charge in [0.25, 0.3) is 0 Å². The maximum absolute atomic E-state index is 12.5. The lowest BCUT2D eigenvalue weighted by Crippen LogP contribution is -2.04. The van der Waals surface area contributed by atoms with Crippen LogP contribution in [-0.2, 0) is 6.18 Å². The van der Waals surface area contributed by atoms with Crippen LogP contribution in [0.1, 0.15) is 18.9 Å². The van der Waals surface area contributed by atoms with Gasteiger partial charge in [0.1, 0.15) is 5.75 Å². The highest BCUT2D eigenvalue weighted by atomic mass is 19.4. The molecule has 0 saturated heterocycles. The molecule has 0 amide bonds. The van der Waals surface area contributed by atoms with Gasteiger partial charge in [-0.3, -0.25) is 0 Å². The standard InChI is InChI=1S/C16H14F3O/c1-2-10-20-15-5-3-4-13(11-15)12-6-8-14(9-7-12)16(17,18)19/h3,5-9,11H,2,10H2,1H3. The van der Waals surface area contributed by atoms with E-state index in [1.807, 2.05) is 6.92 Å². The Morgan fingerprint density at radius 1 is 1.10 bits per heavy atom. The van der Waals surface area contributed by atoms with E-state index in [1.165, 1.54) is 12.1 Å². The van der Waals surface area contributed by atoms with E-state index in [0.29, 0.717) is 23.5 Å². The van der Waals surface area contributed by atoms with Gasteiger partial charge in [0, 0.05) is 0 Å². The van der Waals surface area contributed by atoms with Gasteiger partial charge in [-0.2, -0.15) is 13.2 Å². The Kier molecular flexibility index (Phi) is 4.32. The first-order chi connectivity index (χ1) is 9.50. The molecule has 20 heavy (non-hydrogen) atoms. The summed E-state index contributed by atoms with van der Waals surface area (Å²) in [6.07, 6.45) is -3.41. The van der Waals surface area contributed by atoms with Crippen molar-refractivity contribution in [1.82, 2.24) is 0 Å². The Morgan fingerprint density at radius 2 is 1.80 bits per heavy atom. The molecule has 1 radical (unpaired) electrons. The largest absolute Gasteiger partial charge is 0.494 e. The van der Waals surface area contributed by atoms with E-state index in [2.05, 4.69) is 6.07 Å². The van der Waals surface area contributed by atoms with E-state index in [4.69, 9.17) is 4.74 Å². The zero-order chi connectivity index (χ0) is 14.6. The van der Waals surface area contributed by atoms with E-state index in [1.54, 1.807) is 18.2 Å². The molecular formula is C16H14F3O. The van der Waals surface area contributed by atoms with E-state index in [9.17, 15) is 13.2 Å². The minimum absolute atomic E-state index is 0.608. The monoisotopic (exact) mass is 279 g/mol. The highest BCUT2D eigenvalue weighted by molar-refractivity contribution is 5.64. The molecule has 0 saturated carbocycles. The Morgan fingerprint density at radius 3 is 2.40 bits per heavy atom. The number of halogens is 3. The summed E-state index contributed by atoms with van der Waals surface area (Å²) in [6.45, 7) is 2.61. The van der Waals surface area contributed by atoms with Gasteiger partial charge in [-0.25, -0.2) is 0 Å². The summed E-state index contributed by atoms with van der Waals surface area (Å²) >= 11 is 0. The van der Waals surface area contributed by atoms with E-state index in [0.717, 1.165) is 18.6 Å². The lowest BCUT2D eigenvalue weighted by molar-refractivity contribution is -0.137. The fourth-order valence-corrected chi connectivity index (χ4v) is 1.76. The zero-order valence-electron chi connectivity index (χ0n) is 11.0. The number of rotatable bonds is 4. The van der Waals surface area contributed by atoms with Crippen molar-refractivity contribution in [1.29, 1.82) is 0 Å². The van der Waals surface area contributed by atoms with Crippen LogP contribution in [0.2, 0.25) is 0 Å². The van der Waals surface area contributed by atoms with Crippen LogP contribution in [0.5, 0.6) is 5.75 Å². The predicted octanol–water partition coefficient (Wildman–Crippen LogP) is 4.96. The smallest absolute Gasteiger partial charge is 0.416 e. The van der Waals surface area contributed by atoms with E-state index in [-0.39, 0.29) is 0 Å². The molecule has 1 nitrogen and oxygen atoms in total. The predicted molar refractivity (Wildman–Crippen MR) is 71.5 cm³/mol. The van der Waals surface area contributed by atoms with Crippen molar-refractivity contribution >= 4 is 0 Å². The Balaban J connectivity index is 2.23. The van der Waals surface area contributed by atoms with Crippen LogP contribution in [0.4, 0.5) is 13.2 Å². The van der Waals surface area contributed by atoms with Gasteiger partial charge < -0.3 is 4.74 Å². The molecule has 0 aliphatic carbocycles. The summed E-state index contributed by atoms with van der Waals surface area (Å²) in [7, 11) is 0. The first kappa shape index (κ1) is 14.4. The third-order valence-electron chi connectivity index (χ3n) is 2.77. The minimum Gasteiger partial charge on any atom is -0.494 e. The number of hydrogen-bond acceptors (Lipinski definition) is 1. The molecule has 0 heterocycles. The third-order valence-corrected chi connectivity index (χ3v) is 2.77. The van der Waals surface area contributed by atoms with E-state index >= 15 is 0 Å². The molecule has 2 rings (SSSR count). The molecule has 4 heteroatoms. The first-order valence-electron chi connectivity index (χ1n) is 6.33. The summed E-state index contributed by atoms with van der Waals surface area (Å²) < 4.78 is 43.0. The van der Waals surface area contributed by atoms with Gasteiger partial charge in [-0.1, -0.05) is 25.1 Å². The highest BCUT2D eigenvalue weighted by Gasteiger charge is 2.29. The van der Waals surface area contributed by atoms with Gasteiger partial charge >= 0.3 is 6.18 Å². The molecule has 0 spiro atoms. The minimum atomic E-state index is -4.31. The maximum Gasteiger partial charge on any atom is 0.416 e. The van der Waals surface area contributed by atoms with Gasteiger partial charge in [-0.05, 0) is 47.9 Å². The topological polar surface area (TPSA) is 9.23 Å². The van der Waals surface area contributed by atoms with Crippen LogP contribution in [0, 0.1) is 6.07 Å². The van der Waals surface area contributed by atoms with Crippen molar-refractivity contribution in [3.8, 4) is 16.9 Å². The first-order valence-corrected chi connectivity index (χ1v) is 6.33. The van der Waals surface area contributed by atoms with E-state index < -0.39 is 11.7 Å². The summed E-state index contributed by atoms with van der Waals surface area (Å²) in [5, 5.41) is 0. The number of ether oxygens (including phenoxy) is 1. The molecule has 0 atom stereocenters. The average molecular weight is 279 g/mol. The van der Waals surface area contributed by atoms with Crippen molar-refractivity contribution in [2.45, 2.75) is 19.5 Å². The average Bonchev–Trinajstić information content (AvgIpc) is 2.45. The molecule has 0 aliphatic heterocycles. The number of alkyl halides is 3. The lowest BCUT2D eigenvalue weighted by atomic mass is 10.0. The molecule has 0 bridgehead atoms. The van der Waals surface area contributed by atoms with Crippen LogP contribution in [-0.4, -0.2) is 6.61 Å². The third kappa shape index (κ3) is 3.53. The second kappa shape index (κ2) is 5.99. The fourth-order valence-electron chi connectivity index (χ4n) is 1.76. The molecule has 0 aromatic heterocycles. The molecule has 0 unspecified atom stereocenters. The molecule has 0 aliphatic rings. The van der Waals surface area contributed by atoms with Gasteiger partial charge in [0.15, 0.2) is 0 Å². The number of benzene rings is 2. The SMILES string of the molecule is CCCOc1cc[c]c(-c2ccc(C(F)(F)F)cc2)c1. The highest BCUT2D eigenvalue weighted by Crippen LogP contribution is 2.31. The molecule has 0 N–H and O–H groups in total. The summed E-state index contributed by atoms with van der Waals surface area (Å²) in [4.78, 5) is 0. The second-order valence-electron chi connectivity index (χ2n) is 4.36. The lowest BCUT2D eigenvalue weighted by Gasteiger charge is -2.09. The second-order valence-corrected chi connectivity index (χ2v) is 4.36. The Bertz CT molecular complexity index is 559. The molecule has 2 aromatic carbocycles. The zero-order valence-corrected chi connectivity index (χ0v) is 11.0. The normalized spacial score (nSPS) is 11.4. The summed E-state index contributed by atoms with van der Waals surface area (Å²) in [5.41, 5.74) is 0.743. The van der Waals surface area contributed by atoms with Crippen LogP contribution in [0.3, 0.4) is 0 Å². The molecule has 105 valence electrons. The van der Waals surface area contributed by atoms with Crippen molar-refractivity contribution < 1.29 is 17.9 Å². The molecular weight excluding hydrogens is 265 g/mol. The fraction of sp³-hybridized carbons (Fsp3) is 0.250. The van der Waals surface area contributed by atoms with Crippen molar-refractivity contribution in [3.05, 3.63) is 54.1 Å². The van der Waals surface area contributed by atoms with Crippen molar-refractivity contribution in [2.75, 3.05) is 6.61 Å². The van der Waals surface area contributed by atoms with Crippen molar-refractivity contribution in [2.24, 2.45) is 0 Å². The summed E-state index contributed by atoms with van der Waals surface area (Å²) in [6, 6.07) is 13.3. The quantitative estimate of drug-likeness (QED) is 0.768. The maximum atomic E-state index is 12.5. The van der Waals surface area contributed by atoms with Crippen LogP contribution in [0.25, 0.3) is 11.1 Å². The van der Waals surface area contributed by atoms with Crippen molar-refractivity contribution in [3.63, 3.8) is 0 Å². The molecule has 0 fully saturated rings. The Hall–Kier alpha value is -1.97. The van der Waals surface area contributed by atoms with Gasteiger partial charge in [-0.15, -0.1) is 0 Å².